The highest BCUT2D eigenvalue weighted by atomic mass is 16.7. The van der Waals surface area contributed by atoms with Gasteiger partial charge in [0.15, 0.2) is 0 Å². The molecule has 0 atom stereocenters. The first kappa shape index (κ1) is 12.8. The van der Waals surface area contributed by atoms with Gasteiger partial charge >= 0.3 is 5.91 Å². The Labute approximate surface area is 83.1 Å². The van der Waals surface area contributed by atoms with Crippen molar-refractivity contribution in [2.45, 2.75) is 19.8 Å². The molecule has 5 nitrogen and oxygen atoms in total. The van der Waals surface area contributed by atoms with Gasteiger partial charge in [-0.05, 0) is 19.9 Å². The van der Waals surface area contributed by atoms with E-state index in [2.05, 4.69) is 11.9 Å². The number of carbonyl (C=O) groups is 2. The van der Waals surface area contributed by atoms with Gasteiger partial charge in [-0.15, -0.1) is 0 Å². The molecule has 1 N–H and O–H groups in total. The van der Waals surface area contributed by atoms with Crippen LogP contribution in [0.25, 0.3) is 0 Å². The van der Waals surface area contributed by atoms with E-state index in [4.69, 9.17) is 9.47 Å². The van der Waals surface area contributed by atoms with E-state index in [0.717, 1.165) is 6.08 Å². The number of amides is 1. The van der Waals surface area contributed by atoms with E-state index in [1.807, 2.05) is 0 Å². The molecule has 14 heavy (non-hydrogen) atoms. The molecule has 1 amide bonds. The molecular formula is C9H15NO4. The molecular weight excluding hydrogens is 186 g/mol. The molecule has 0 saturated heterocycles. The van der Waals surface area contributed by atoms with E-state index in [0.29, 0.717) is 6.29 Å². The highest BCUT2D eigenvalue weighted by Crippen LogP contribution is 2.06. The van der Waals surface area contributed by atoms with Crippen LogP contribution in [0.4, 0.5) is 0 Å². The molecule has 80 valence electrons. The second kappa shape index (κ2) is 6.28. The monoisotopic (exact) mass is 201 g/mol. The minimum Gasteiger partial charge on any atom is -0.327 e. The predicted octanol–water partition coefficient (Wildman–Crippen LogP) is 0.214. The first-order valence-electron chi connectivity index (χ1n) is 4.33. The summed E-state index contributed by atoms with van der Waals surface area (Å²) in [7, 11) is 0. The van der Waals surface area contributed by atoms with Gasteiger partial charge in [-0.25, -0.2) is 0 Å². The Morgan fingerprint density at radius 3 is 2.21 bits per heavy atom. The summed E-state index contributed by atoms with van der Waals surface area (Å²) >= 11 is 0. The maximum Gasteiger partial charge on any atom is 0.311 e. The Kier molecular flexibility index (Phi) is 5.74. The molecule has 0 saturated carbocycles. The van der Waals surface area contributed by atoms with E-state index in [1.165, 1.54) is 0 Å². The van der Waals surface area contributed by atoms with E-state index >= 15 is 0 Å². The van der Waals surface area contributed by atoms with Crippen molar-refractivity contribution in [3.63, 3.8) is 0 Å². The third-order valence-electron chi connectivity index (χ3n) is 1.36. The summed E-state index contributed by atoms with van der Waals surface area (Å²) < 4.78 is 10.0. The predicted molar refractivity (Wildman–Crippen MR) is 50.4 cm³/mol. The molecule has 0 unspecified atom stereocenters. The SMILES string of the molecule is C=CC(=O)NC(C=O)(OCC)OCC. The van der Waals surface area contributed by atoms with Crippen LogP contribution in [0, 0.1) is 0 Å². The Bertz CT molecular complexity index is 209. The Balaban J connectivity index is 4.55. The summed E-state index contributed by atoms with van der Waals surface area (Å²) in [5.41, 5.74) is 0. The molecule has 5 heteroatoms. The summed E-state index contributed by atoms with van der Waals surface area (Å²) in [6.07, 6.45) is 1.44. The van der Waals surface area contributed by atoms with Crippen molar-refractivity contribution in [2.75, 3.05) is 13.2 Å². The molecule has 0 fully saturated rings. The topological polar surface area (TPSA) is 64.6 Å². The fraction of sp³-hybridized carbons (Fsp3) is 0.556. The van der Waals surface area contributed by atoms with Crippen molar-refractivity contribution in [1.82, 2.24) is 5.32 Å². The average molecular weight is 201 g/mol. The van der Waals surface area contributed by atoms with Gasteiger partial charge in [0.05, 0.1) is 0 Å². The normalized spacial score (nSPS) is 10.7. The molecule has 0 aromatic heterocycles. The maximum atomic E-state index is 11.0. The Hall–Kier alpha value is -1.20. The van der Waals surface area contributed by atoms with Gasteiger partial charge in [0.1, 0.15) is 0 Å². The Morgan fingerprint density at radius 1 is 1.43 bits per heavy atom. The van der Waals surface area contributed by atoms with Crippen molar-refractivity contribution >= 4 is 12.2 Å². The third-order valence-corrected chi connectivity index (χ3v) is 1.36. The number of nitrogens with one attached hydrogen (secondary N) is 1. The van der Waals surface area contributed by atoms with Crippen LogP contribution in [0.1, 0.15) is 13.8 Å². The van der Waals surface area contributed by atoms with Crippen LogP contribution in [0.15, 0.2) is 12.7 Å². The third kappa shape index (κ3) is 3.68. The van der Waals surface area contributed by atoms with E-state index in [-0.39, 0.29) is 13.2 Å². The fourth-order valence-corrected chi connectivity index (χ4v) is 0.863. The average Bonchev–Trinajstić information content (AvgIpc) is 2.18. The molecule has 0 rings (SSSR count). The van der Waals surface area contributed by atoms with Gasteiger partial charge in [0, 0.05) is 13.2 Å². The molecule has 0 aliphatic carbocycles. The number of hydrogen-bond acceptors (Lipinski definition) is 4. The quantitative estimate of drug-likeness (QED) is 0.363. The summed E-state index contributed by atoms with van der Waals surface area (Å²) in [5, 5.41) is 2.26. The van der Waals surface area contributed by atoms with E-state index < -0.39 is 11.8 Å². The molecule has 0 bridgehead atoms. The zero-order chi connectivity index (χ0) is 11.0. The molecule has 0 aromatic rings. The van der Waals surface area contributed by atoms with Crippen LogP contribution < -0.4 is 5.32 Å². The highest BCUT2D eigenvalue weighted by Gasteiger charge is 2.32. The summed E-state index contributed by atoms with van der Waals surface area (Å²) in [6, 6.07) is 0. The van der Waals surface area contributed by atoms with Crippen LogP contribution in [0.5, 0.6) is 0 Å². The second-order valence-electron chi connectivity index (χ2n) is 2.34. The number of carbonyl (C=O) groups excluding carboxylic acids is 2. The number of aldehydes is 1. The van der Waals surface area contributed by atoms with Crippen LogP contribution in [0.3, 0.4) is 0 Å². The van der Waals surface area contributed by atoms with Crippen molar-refractivity contribution in [1.29, 1.82) is 0 Å². The van der Waals surface area contributed by atoms with Crippen molar-refractivity contribution in [3.8, 4) is 0 Å². The van der Waals surface area contributed by atoms with Gasteiger partial charge in [0.2, 0.25) is 12.2 Å². The lowest BCUT2D eigenvalue weighted by Crippen LogP contribution is -2.53. The van der Waals surface area contributed by atoms with Gasteiger partial charge in [-0.3, -0.25) is 14.9 Å². The van der Waals surface area contributed by atoms with Crippen LogP contribution in [-0.4, -0.2) is 31.3 Å². The van der Waals surface area contributed by atoms with Gasteiger partial charge in [-0.2, -0.15) is 0 Å². The van der Waals surface area contributed by atoms with Crippen LogP contribution in [-0.2, 0) is 19.1 Å². The summed E-state index contributed by atoms with van der Waals surface area (Å²) in [4.78, 5) is 21.7. The summed E-state index contributed by atoms with van der Waals surface area (Å²) in [6.45, 7) is 7.14. The lowest BCUT2D eigenvalue weighted by atomic mass is 10.4. The second-order valence-corrected chi connectivity index (χ2v) is 2.34. The number of hydrogen-bond donors (Lipinski definition) is 1. The van der Waals surface area contributed by atoms with Gasteiger partial charge < -0.3 is 9.47 Å². The van der Waals surface area contributed by atoms with Gasteiger partial charge in [0.25, 0.3) is 0 Å². The zero-order valence-electron chi connectivity index (χ0n) is 8.41. The number of rotatable bonds is 7. The minimum atomic E-state index is -1.69. The van der Waals surface area contributed by atoms with E-state index in [1.54, 1.807) is 13.8 Å². The van der Waals surface area contributed by atoms with E-state index in [9.17, 15) is 9.59 Å². The largest absolute Gasteiger partial charge is 0.327 e. The molecule has 0 spiro atoms. The van der Waals surface area contributed by atoms with Crippen LogP contribution >= 0.6 is 0 Å². The summed E-state index contributed by atoms with van der Waals surface area (Å²) in [5.74, 6) is -2.21. The lowest BCUT2D eigenvalue weighted by molar-refractivity contribution is -0.229. The highest BCUT2D eigenvalue weighted by molar-refractivity contribution is 5.89. The van der Waals surface area contributed by atoms with Gasteiger partial charge in [-0.1, -0.05) is 6.58 Å². The molecule has 0 radical (unpaired) electrons. The zero-order valence-corrected chi connectivity index (χ0v) is 8.41. The standard InChI is InChI=1S/C9H15NO4/c1-4-8(12)10-9(7-11,13-5-2)14-6-3/h4,7H,1,5-6H2,2-3H3,(H,10,12). The molecule has 0 aliphatic rings. The first-order chi connectivity index (χ1) is 6.64. The van der Waals surface area contributed by atoms with Crippen molar-refractivity contribution in [2.24, 2.45) is 0 Å². The minimum absolute atomic E-state index is 0.246. The number of ether oxygens (including phenoxy) is 2. The molecule has 0 heterocycles. The Morgan fingerprint density at radius 2 is 1.93 bits per heavy atom. The maximum absolute atomic E-state index is 11.0. The smallest absolute Gasteiger partial charge is 0.311 e. The lowest BCUT2D eigenvalue weighted by Gasteiger charge is -2.27. The van der Waals surface area contributed by atoms with Crippen molar-refractivity contribution < 1.29 is 19.1 Å². The fourth-order valence-electron chi connectivity index (χ4n) is 0.863. The van der Waals surface area contributed by atoms with Crippen LogP contribution in [0.2, 0.25) is 0 Å². The first-order valence-corrected chi connectivity index (χ1v) is 4.33. The molecule has 0 aromatic carbocycles. The molecule has 0 aliphatic heterocycles. The van der Waals surface area contributed by atoms with Crippen molar-refractivity contribution in [3.05, 3.63) is 12.7 Å².